The van der Waals surface area contributed by atoms with Crippen LogP contribution in [0.25, 0.3) is 0 Å². The molecule has 0 saturated carbocycles. The first-order chi connectivity index (χ1) is 9.60. The summed E-state index contributed by atoms with van der Waals surface area (Å²) in [4.78, 5) is 22.0. The number of amides is 1. The molecule has 0 unspecified atom stereocenters. The van der Waals surface area contributed by atoms with Crippen molar-refractivity contribution in [2.45, 2.75) is 12.8 Å². The highest BCUT2D eigenvalue weighted by molar-refractivity contribution is 6.32. The summed E-state index contributed by atoms with van der Waals surface area (Å²) in [5, 5.41) is 4.35. The first kappa shape index (κ1) is 14.3. The third-order valence-corrected chi connectivity index (χ3v) is 3.04. The number of methoxy groups -OCH3 is 1. The van der Waals surface area contributed by atoms with Gasteiger partial charge in [-0.3, -0.25) is 4.79 Å². The van der Waals surface area contributed by atoms with E-state index in [1.54, 1.807) is 18.2 Å². The van der Waals surface area contributed by atoms with E-state index in [1.165, 1.54) is 7.11 Å². The molecule has 2 rings (SSSR count). The van der Waals surface area contributed by atoms with Crippen LogP contribution in [0.4, 0.5) is 0 Å². The van der Waals surface area contributed by atoms with Crippen LogP contribution in [0.15, 0.2) is 23.3 Å². The first-order valence-corrected chi connectivity index (χ1v) is 6.33. The minimum absolute atomic E-state index is 0.0992. The Labute approximate surface area is 120 Å². The van der Waals surface area contributed by atoms with Crippen LogP contribution in [0, 0.1) is 0 Å². The van der Waals surface area contributed by atoms with Gasteiger partial charge in [0.2, 0.25) is 5.91 Å². The Kier molecular flexibility index (Phi) is 4.57. The van der Waals surface area contributed by atoms with Crippen molar-refractivity contribution in [3.05, 3.63) is 28.8 Å². The second-order valence-corrected chi connectivity index (χ2v) is 4.51. The van der Waals surface area contributed by atoms with Crippen molar-refractivity contribution in [2.75, 3.05) is 13.7 Å². The summed E-state index contributed by atoms with van der Waals surface area (Å²) in [6.07, 6.45) is 0.960. The highest BCUT2D eigenvalue weighted by Gasteiger charge is 2.15. The van der Waals surface area contributed by atoms with E-state index >= 15 is 0 Å². The third kappa shape index (κ3) is 3.48. The van der Waals surface area contributed by atoms with Gasteiger partial charge in [-0.15, -0.1) is 0 Å². The number of hydrogen-bond acceptors (Lipinski definition) is 5. The summed E-state index contributed by atoms with van der Waals surface area (Å²) in [5.74, 6) is -0.191. The van der Waals surface area contributed by atoms with E-state index in [4.69, 9.17) is 16.3 Å². The normalized spacial score (nSPS) is 14.3. The van der Waals surface area contributed by atoms with Crippen molar-refractivity contribution in [2.24, 2.45) is 5.10 Å². The van der Waals surface area contributed by atoms with Crippen molar-refractivity contribution in [3.8, 4) is 5.75 Å². The number of halogens is 1. The van der Waals surface area contributed by atoms with Gasteiger partial charge in [0, 0.05) is 12.8 Å². The number of ether oxygens (including phenoxy) is 2. The molecule has 0 aliphatic carbocycles. The van der Waals surface area contributed by atoms with E-state index in [-0.39, 0.29) is 12.5 Å². The molecule has 0 aromatic heterocycles. The molecule has 0 fully saturated rings. The Balaban J connectivity index is 2.09. The lowest BCUT2D eigenvalue weighted by molar-refractivity contribution is -0.142. The zero-order valence-electron chi connectivity index (χ0n) is 10.8. The molecule has 0 radical (unpaired) electrons. The number of benzene rings is 1. The van der Waals surface area contributed by atoms with Gasteiger partial charge in [0.25, 0.3) is 0 Å². The summed E-state index contributed by atoms with van der Waals surface area (Å²) in [6.45, 7) is -0.202. The summed E-state index contributed by atoms with van der Waals surface area (Å²) >= 11 is 6.08. The average molecular weight is 297 g/mol. The molecule has 1 N–H and O–H groups in total. The number of nitrogens with one attached hydrogen (secondary N) is 1. The number of carbonyl (C=O) groups is 2. The van der Waals surface area contributed by atoms with E-state index in [9.17, 15) is 9.59 Å². The minimum Gasteiger partial charge on any atom is -0.480 e. The maximum atomic E-state index is 11.0. The summed E-state index contributed by atoms with van der Waals surface area (Å²) in [5.41, 5.74) is 3.99. The topological polar surface area (TPSA) is 77.0 Å². The van der Waals surface area contributed by atoms with Gasteiger partial charge in [0.15, 0.2) is 6.61 Å². The van der Waals surface area contributed by atoms with E-state index in [1.807, 2.05) is 0 Å². The lowest BCUT2D eigenvalue weighted by atomic mass is 10.0. The summed E-state index contributed by atoms with van der Waals surface area (Å²) < 4.78 is 9.71. The second-order valence-electron chi connectivity index (χ2n) is 4.10. The van der Waals surface area contributed by atoms with Gasteiger partial charge in [-0.1, -0.05) is 11.6 Å². The fourth-order valence-electron chi connectivity index (χ4n) is 1.68. The van der Waals surface area contributed by atoms with E-state index in [2.05, 4.69) is 15.3 Å². The van der Waals surface area contributed by atoms with Crippen LogP contribution < -0.4 is 10.2 Å². The molecular weight excluding hydrogens is 284 g/mol. The maximum Gasteiger partial charge on any atom is 0.343 e. The summed E-state index contributed by atoms with van der Waals surface area (Å²) in [6, 6.07) is 5.11. The molecular formula is C13H13ClN2O4. The number of rotatable bonds is 4. The molecule has 0 saturated heterocycles. The van der Waals surface area contributed by atoms with Crippen molar-refractivity contribution >= 4 is 29.2 Å². The van der Waals surface area contributed by atoms with Crippen LogP contribution in [-0.4, -0.2) is 31.3 Å². The van der Waals surface area contributed by atoms with Crippen molar-refractivity contribution in [1.29, 1.82) is 0 Å². The Bertz CT molecular complexity index is 571. The molecule has 1 aliphatic rings. The fourth-order valence-corrected chi connectivity index (χ4v) is 1.91. The average Bonchev–Trinajstić information content (AvgIpc) is 2.46. The predicted molar refractivity (Wildman–Crippen MR) is 72.9 cm³/mol. The van der Waals surface area contributed by atoms with Crippen molar-refractivity contribution in [1.82, 2.24) is 5.43 Å². The molecule has 0 bridgehead atoms. The van der Waals surface area contributed by atoms with Crippen LogP contribution in [0.5, 0.6) is 5.75 Å². The fraction of sp³-hybridized carbons (Fsp3) is 0.308. The minimum atomic E-state index is -0.482. The lowest BCUT2D eigenvalue weighted by Crippen LogP contribution is -2.25. The molecule has 7 heteroatoms. The Morgan fingerprint density at radius 1 is 1.45 bits per heavy atom. The van der Waals surface area contributed by atoms with Gasteiger partial charge < -0.3 is 9.47 Å². The van der Waals surface area contributed by atoms with E-state index in [0.29, 0.717) is 23.6 Å². The Morgan fingerprint density at radius 3 is 2.85 bits per heavy atom. The number of nitrogens with zero attached hydrogens (tertiary/aromatic N) is 1. The van der Waals surface area contributed by atoms with Crippen LogP contribution in [-0.2, 0) is 14.3 Å². The Hall–Kier alpha value is -2.08. The van der Waals surface area contributed by atoms with Crippen molar-refractivity contribution < 1.29 is 19.1 Å². The largest absolute Gasteiger partial charge is 0.480 e. The zero-order chi connectivity index (χ0) is 14.5. The summed E-state index contributed by atoms with van der Waals surface area (Å²) in [7, 11) is 1.28. The first-order valence-electron chi connectivity index (χ1n) is 5.95. The van der Waals surface area contributed by atoms with E-state index in [0.717, 1.165) is 11.3 Å². The molecule has 0 spiro atoms. The van der Waals surface area contributed by atoms with Gasteiger partial charge in [0.05, 0.1) is 17.8 Å². The molecule has 106 valence electrons. The van der Waals surface area contributed by atoms with Crippen LogP contribution in [0.1, 0.15) is 18.4 Å². The smallest absolute Gasteiger partial charge is 0.343 e. The quantitative estimate of drug-likeness (QED) is 0.854. The van der Waals surface area contributed by atoms with Gasteiger partial charge in [-0.05, 0) is 23.8 Å². The van der Waals surface area contributed by atoms with Crippen LogP contribution in [0.3, 0.4) is 0 Å². The highest BCUT2D eigenvalue weighted by atomic mass is 35.5. The number of hydrazone groups is 1. The molecule has 1 amide bonds. The molecule has 1 aliphatic heterocycles. The highest BCUT2D eigenvalue weighted by Crippen LogP contribution is 2.26. The van der Waals surface area contributed by atoms with Gasteiger partial charge >= 0.3 is 5.97 Å². The van der Waals surface area contributed by atoms with Crippen LogP contribution in [0.2, 0.25) is 5.02 Å². The number of esters is 1. The Morgan fingerprint density at radius 2 is 2.25 bits per heavy atom. The van der Waals surface area contributed by atoms with Gasteiger partial charge in [-0.25, -0.2) is 10.2 Å². The lowest BCUT2D eigenvalue weighted by Gasteiger charge is -2.13. The third-order valence-electron chi connectivity index (χ3n) is 2.74. The van der Waals surface area contributed by atoms with Crippen molar-refractivity contribution in [3.63, 3.8) is 0 Å². The SMILES string of the molecule is COC(=O)COc1ccc(C2=NNC(=O)CC2)cc1Cl. The molecule has 6 nitrogen and oxygen atoms in total. The maximum absolute atomic E-state index is 11.0. The van der Waals surface area contributed by atoms with Gasteiger partial charge in [0.1, 0.15) is 5.75 Å². The number of carbonyl (C=O) groups excluding carboxylic acids is 2. The van der Waals surface area contributed by atoms with Gasteiger partial charge in [-0.2, -0.15) is 5.10 Å². The second kappa shape index (κ2) is 6.38. The molecule has 0 atom stereocenters. The van der Waals surface area contributed by atoms with E-state index < -0.39 is 5.97 Å². The molecule has 1 aromatic carbocycles. The predicted octanol–water partition coefficient (Wildman–Crippen LogP) is 1.51. The molecule has 1 aromatic rings. The molecule has 20 heavy (non-hydrogen) atoms. The zero-order valence-corrected chi connectivity index (χ0v) is 11.6. The standard InChI is InChI=1S/C13H13ClN2O4/c1-19-13(18)7-20-11-4-2-8(6-9(11)14)10-3-5-12(17)16-15-10/h2,4,6H,3,5,7H2,1H3,(H,16,17). The van der Waals surface area contributed by atoms with Crippen LogP contribution >= 0.6 is 11.6 Å². The monoisotopic (exact) mass is 296 g/mol. The molecule has 1 heterocycles. The number of hydrogen-bond donors (Lipinski definition) is 1.